The highest BCUT2D eigenvalue weighted by Gasteiger charge is 2.18. The van der Waals surface area contributed by atoms with Gasteiger partial charge in [-0.05, 0) is 36.4 Å². The average Bonchev–Trinajstić information content (AvgIpc) is 2.55. The summed E-state index contributed by atoms with van der Waals surface area (Å²) in [5, 5.41) is 16.4. The minimum absolute atomic E-state index is 0.132. The number of nitrogens with one attached hydrogen (secondary N) is 2. The minimum atomic E-state index is -0.513. The number of amides is 2. The van der Waals surface area contributed by atoms with Crippen LogP contribution < -0.4 is 10.6 Å². The van der Waals surface area contributed by atoms with E-state index in [2.05, 4.69) is 10.6 Å². The Labute approximate surface area is 142 Å². The first kappa shape index (κ1) is 17.5. The largest absolute Gasteiger partial charge is 0.355 e. The monoisotopic (exact) mass is 345 g/mol. The van der Waals surface area contributed by atoms with Gasteiger partial charge in [-0.2, -0.15) is 0 Å². The van der Waals surface area contributed by atoms with Crippen molar-refractivity contribution in [2.75, 3.05) is 12.4 Å². The highest BCUT2D eigenvalue weighted by atomic mass is 32.2. The molecule has 0 spiro atoms. The van der Waals surface area contributed by atoms with Crippen LogP contribution in [0, 0.1) is 10.1 Å². The molecular weight excluding hydrogens is 330 g/mol. The summed E-state index contributed by atoms with van der Waals surface area (Å²) in [4.78, 5) is 34.6. The van der Waals surface area contributed by atoms with Gasteiger partial charge in [0.25, 0.3) is 11.6 Å². The van der Waals surface area contributed by atoms with Gasteiger partial charge >= 0.3 is 0 Å². The van der Waals surface area contributed by atoms with Gasteiger partial charge in [-0.3, -0.25) is 19.7 Å². The number of hydrogen-bond donors (Lipinski definition) is 2. The van der Waals surface area contributed by atoms with Crippen molar-refractivity contribution < 1.29 is 14.5 Å². The second-order valence-corrected chi connectivity index (χ2v) is 5.94. The van der Waals surface area contributed by atoms with Crippen LogP contribution in [0.15, 0.2) is 52.3 Å². The van der Waals surface area contributed by atoms with Crippen molar-refractivity contribution in [2.45, 2.75) is 16.7 Å². The van der Waals surface area contributed by atoms with Crippen LogP contribution in [0.2, 0.25) is 0 Å². The number of carbonyl (C=O) groups excluding carboxylic acids is 2. The highest BCUT2D eigenvalue weighted by molar-refractivity contribution is 7.99. The van der Waals surface area contributed by atoms with Crippen molar-refractivity contribution in [1.82, 2.24) is 5.32 Å². The fraction of sp³-hybridized carbons (Fsp3) is 0.125. The Bertz CT molecular complexity index is 790. The number of nitrogens with zero attached hydrogens (tertiary/aromatic N) is 1. The molecule has 7 nitrogen and oxygen atoms in total. The minimum Gasteiger partial charge on any atom is -0.355 e. The fourth-order valence-corrected chi connectivity index (χ4v) is 2.87. The third-order valence-electron chi connectivity index (χ3n) is 3.05. The Morgan fingerprint density at radius 1 is 1.12 bits per heavy atom. The molecule has 0 aliphatic rings. The standard InChI is InChI=1S/C16H15N3O4S/c1-10(20)18-12-4-6-13(7-5-12)24-15-8-3-11(16(21)17-2)9-14(15)19(22)23/h3-9H,1-2H3,(H,17,21)(H,18,20). The van der Waals surface area contributed by atoms with E-state index in [1.165, 1.54) is 31.8 Å². The molecule has 24 heavy (non-hydrogen) atoms. The van der Waals surface area contributed by atoms with Gasteiger partial charge < -0.3 is 10.6 Å². The van der Waals surface area contributed by atoms with Crippen LogP contribution in [0.25, 0.3) is 0 Å². The Morgan fingerprint density at radius 2 is 1.79 bits per heavy atom. The smallest absolute Gasteiger partial charge is 0.284 e. The molecule has 0 radical (unpaired) electrons. The average molecular weight is 345 g/mol. The van der Waals surface area contributed by atoms with E-state index in [1.54, 1.807) is 36.4 Å². The van der Waals surface area contributed by atoms with E-state index in [1.807, 2.05) is 0 Å². The Hall–Kier alpha value is -2.87. The number of rotatable bonds is 5. The van der Waals surface area contributed by atoms with Crippen molar-refractivity contribution in [3.8, 4) is 0 Å². The summed E-state index contributed by atoms with van der Waals surface area (Å²) in [6, 6.07) is 11.3. The summed E-state index contributed by atoms with van der Waals surface area (Å²) in [5.41, 5.74) is 0.748. The molecule has 0 heterocycles. The van der Waals surface area contributed by atoms with Crippen LogP contribution in [0.1, 0.15) is 17.3 Å². The first-order valence-corrected chi connectivity index (χ1v) is 7.78. The summed E-state index contributed by atoms with van der Waals surface area (Å²) in [5.74, 6) is -0.551. The van der Waals surface area contributed by atoms with Gasteiger partial charge in [0.15, 0.2) is 0 Å². The zero-order chi connectivity index (χ0) is 17.7. The Balaban J connectivity index is 2.27. The lowest BCUT2D eigenvalue weighted by molar-refractivity contribution is -0.387. The molecule has 0 aliphatic carbocycles. The third kappa shape index (κ3) is 4.32. The maximum absolute atomic E-state index is 11.6. The molecule has 124 valence electrons. The summed E-state index contributed by atoms with van der Waals surface area (Å²) < 4.78 is 0. The molecule has 0 bridgehead atoms. The lowest BCUT2D eigenvalue weighted by atomic mass is 10.2. The number of carbonyl (C=O) groups is 2. The second-order valence-electron chi connectivity index (χ2n) is 4.83. The van der Waals surface area contributed by atoms with E-state index in [0.29, 0.717) is 10.6 Å². The molecule has 2 aromatic carbocycles. The van der Waals surface area contributed by atoms with Crippen molar-refractivity contribution in [2.24, 2.45) is 0 Å². The van der Waals surface area contributed by atoms with Crippen LogP contribution in [-0.2, 0) is 4.79 Å². The fourth-order valence-electron chi connectivity index (χ4n) is 1.97. The van der Waals surface area contributed by atoms with E-state index >= 15 is 0 Å². The summed E-state index contributed by atoms with van der Waals surface area (Å²) in [6.45, 7) is 1.42. The number of nitro groups is 1. The lowest BCUT2D eigenvalue weighted by Crippen LogP contribution is -2.17. The molecule has 0 atom stereocenters. The summed E-state index contributed by atoms with van der Waals surface area (Å²) in [6.07, 6.45) is 0. The van der Waals surface area contributed by atoms with Crippen molar-refractivity contribution in [3.05, 3.63) is 58.1 Å². The molecule has 2 aromatic rings. The predicted molar refractivity (Wildman–Crippen MR) is 91.4 cm³/mol. The van der Waals surface area contributed by atoms with E-state index in [9.17, 15) is 19.7 Å². The first-order valence-electron chi connectivity index (χ1n) is 6.96. The Kier molecular flexibility index (Phi) is 5.54. The molecule has 0 aromatic heterocycles. The van der Waals surface area contributed by atoms with Crippen LogP contribution >= 0.6 is 11.8 Å². The summed E-state index contributed by atoms with van der Waals surface area (Å²) in [7, 11) is 1.47. The number of hydrogen-bond acceptors (Lipinski definition) is 5. The number of benzene rings is 2. The molecule has 2 N–H and O–H groups in total. The van der Waals surface area contributed by atoms with Crippen molar-refractivity contribution in [1.29, 1.82) is 0 Å². The first-order chi connectivity index (χ1) is 11.4. The van der Waals surface area contributed by atoms with Crippen molar-refractivity contribution in [3.63, 3.8) is 0 Å². The highest BCUT2D eigenvalue weighted by Crippen LogP contribution is 2.35. The molecule has 2 amide bonds. The predicted octanol–water partition coefficient (Wildman–Crippen LogP) is 3.06. The van der Waals surface area contributed by atoms with E-state index in [-0.39, 0.29) is 23.1 Å². The SMILES string of the molecule is CNC(=O)c1ccc(Sc2ccc(NC(C)=O)cc2)c([N+](=O)[O-])c1. The molecule has 8 heteroatoms. The van der Waals surface area contributed by atoms with Gasteiger partial charge in [-0.1, -0.05) is 11.8 Å². The van der Waals surface area contributed by atoms with E-state index in [0.717, 1.165) is 4.90 Å². The van der Waals surface area contributed by atoms with Crippen LogP contribution in [0.4, 0.5) is 11.4 Å². The van der Waals surface area contributed by atoms with Gasteiger partial charge in [0.1, 0.15) is 0 Å². The molecule has 0 saturated heterocycles. The number of nitro benzene ring substituents is 1. The maximum Gasteiger partial charge on any atom is 0.284 e. The zero-order valence-corrected chi connectivity index (χ0v) is 13.8. The van der Waals surface area contributed by atoms with E-state index in [4.69, 9.17) is 0 Å². The Morgan fingerprint density at radius 3 is 2.33 bits per heavy atom. The normalized spacial score (nSPS) is 10.1. The molecular formula is C16H15N3O4S. The van der Waals surface area contributed by atoms with E-state index < -0.39 is 4.92 Å². The third-order valence-corrected chi connectivity index (χ3v) is 4.12. The van der Waals surface area contributed by atoms with Gasteiger partial charge in [-0.25, -0.2) is 0 Å². The van der Waals surface area contributed by atoms with Crippen LogP contribution in [0.3, 0.4) is 0 Å². The topological polar surface area (TPSA) is 101 Å². The van der Waals surface area contributed by atoms with Gasteiger partial charge in [0, 0.05) is 36.2 Å². The number of anilines is 1. The molecule has 0 saturated carbocycles. The van der Waals surface area contributed by atoms with Crippen molar-refractivity contribution >= 4 is 35.0 Å². The lowest BCUT2D eigenvalue weighted by Gasteiger charge is -2.07. The molecule has 0 fully saturated rings. The quantitative estimate of drug-likeness (QED) is 0.640. The summed E-state index contributed by atoms with van der Waals surface area (Å²) >= 11 is 1.21. The van der Waals surface area contributed by atoms with Gasteiger partial charge in [0.05, 0.1) is 9.82 Å². The van der Waals surface area contributed by atoms with Crippen LogP contribution in [-0.4, -0.2) is 23.8 Å². The van der Waals surface area contributed by atoms with Gasteiger partial charge in [-0.15, -0.1) is 0 Å². The zero-order valence-electron chi connectivity index (χ0n) is 13.0. The molecule has 2 rings (SSSR count). The van der Waals surface area contributed by atoms with Gasteiger partial charge in [0.2, 0.25) is 5.91 Å². The molecule has 0 aliphatic heterocycles. The molecule has 0 unspecified atom stereocenters. The van der Waals surface area contributed by atoms with Crippen LogP contribution in [0.5, 0.6) is 0 Å². The maximum atomic E-state index is 11.6. The second kappa shape index (κ2) is 7.60.